The van der Waals surface area contributed by atoms with Crippen molar-refractivity contribution in [2.75, 3.05) is 39.3 Å². The van der Waals surface area contributed by atoms with Crippen molar-refractivity contribution >= 4 is 0 Å². The Morgan fingerprint density at radius 2 is 1.77 bits per heavy atom. The summed E-state index contributed by atoms with van der Waals surface area (Å²) in [5.74, 6) is 0. The molecule has 2 heteroatoms. The van der Waals surface area contributed by atoms with Crippen molar-refractivity contribution in [1.82, 2.24) is 9.80 Å². The van der Waals surface area contributed by atoms with E-state index in [1.54, 1.807) is 0 Å². The summed E-state index contributed by atoms with van der Waals surface area (Å²) in [6, 6.07) is 0. The summed E-state index contributed by atoms with van der Waals surface area (Å²) in [5.41, 5.74) is 0.713. The molecule has 0 N–H and O–H groups in total. The van der Waals surface area contributed by atoms with Crippen molar-refractivity contribution in [2.24, 2.45) is 5.41 Å². The van der Waals surface area contributed by atoms with E-state index in [0.29, 0.717) is 5.41 Å². The lowest BCUT2D eigenvalue weighted by Crippen LogP contribution is -2.57. The molecule has 76 valence electrons. The molecule has 0 saturated carbocycles. The fraction of sp³-hybridized carbons (Fsp3) is 1.00. The molecule has 13 heavy (non-hydrogen) atoms. The fourth-order valence-electron chi connectivity index (χ4n) is 2.93. The smallest absolute Gasteiger partial charge is 0.00969 e. The van der Waals surface area contributed by atoms with E-state index in [9.17, 15) is 0 Å². The standard InChI is InChI=1S/C11H22N2/c1-3-6-13-9-11(10-13)5-7-12(4-2)8-11/h3-10H2,1-2H3. The van der Waals surface area contributed by atoms with Crippen molar-refractivity contribution < 1.29 is 0 Å². The van der Waals surface area contributed by atoms with Gasteiger partial charge in [-0.3, -0.25) is 0 Å². The van der Waals surface area contributed by atoms with Gasteiger partial charge in [0, 0.05) is 25.0 Å². The van der Waals surface area contributed by atoms with Gasteiger partial charge in [0.05, 0.1) is 0 Å². The summed E-state index contributed by atoms with van der Waals surface area (Å²) in [6.45, 7) is 12.6. The SMILES string of the molecule is CCCN1CC2(CCN(CC)C2)C1. The van der Waals surface area contributed by atoms with Crippen molar-refractivity contribution in [2.45, 2.75) is 26.7 Å². The molecule has 2 saturated heterocycles. The summed E-state index contributed by atoms with van der Waals surface area (Å²) in [6.07, 6.45) is 2.76. The van der Waals surface area contributed by atoms with E-state index in [1.807, 2.05) is 0 Å². The van der Waals surface area contributed by atoms with Crippen LogP contribution < -0.4 is 0 Å². The van der Waals surface area contributed by atoms with Crippen LogP contribution in [0.2, 0.25) is 0 Å². The van der Waals surface area contributed by atoms with Gasteiger partial charge in [-0.15, -0.1) is 0 Å². The lowest BCUT2D eigenvalue weighted by molar-refractivity contribution is 0.00922. The topological polar surface area (TPSA) is 6.48 Å². The molecule has 2 heterocycles. The van der Waals surface area contributed by atoms with Crippen LogP contribution in [0, 0.1) is 5.41 Å². The summed E-state index contributed by atoms with van der Waals surface area (Å²) in [5, 5.41) is 0. The predicted molar refractivity (Wildman–Crippen MR) is 55.9 cm³/mol. The Morgan fingerprint density at radius 1 is 1.08 bits per heavy atom. The first-order chi connectivity index (χ1) is 6.28. The molecular weight excluding hydrogens is 160 g/mol. The summed E-state index contributed by atoms with van der Waals surface area (Å²) >= 11 is 0. The summed E-state index contributed by atoms with van der Waals surface area (Å²) < 4.78 is 0. The van der Waals surface area contributed by atoms with Crippen LogP contribution in [0.1, 0.15) is 26.7 Å². The highest BCUT2D eigenvalue weighted by Crippen LogP contribution is 2.39. The lowest BCUT2D eigenvalue weighted by Gasteiger charge is -2.48. The van der Waals surface area contributed by atoms with Crippen molar-refractivity contribution in [1.29, 1.82) is 0 Å². The van der Waals surface area contributed by atoms with E-state index < -0.39 is 0 Å². The van der Waals surface area contributed by atoms with Crippen LogP contribution in [0.3, 0.4) is 0 Å². The zero-order valence-electron chi connectivity index (χ0n) is 9.05. The highest BCUT2D eigenvalue weighted by atomic mass is 15.3. The first kappa shape index (κ1) is 9.47. The van der Waals surface area contributed by atoms with Crippen LogP contribution in [0.25, 0.3) is 0 Å². The largest absolute Gasteiger partial charge is 0.303 e. The van der Waals surface area contributed by atoms with Crippen LogP contribution >= 0.6 is 0 Å². The molecule has 0 aliphatic carbocycles. The van der Waals surface area contributed by atoms with Crippen LogP contribution in [0.5, 0.6) is 0 Å². The molecule has 0 aromatic rings. The van der Waals surface area contributed by atoms with E-state index in [4.69, 9.17) is 0 Å². The van der Waals surface area contributed by atoms with Crippen LogP contribution in [0.15, 0.2) is 0 Å². The van der Waals surface area contributed by atoms with Gasteiger partial charge in [0.15, 0.2) is 0 Å². The Morgan fingerprint density at radius 3 is 2.31 bits per heavy atom. The first-order valence-electron chi connectivity index (χ1n) is 5.73. The van der Waals surface area contributed by atoms with Gasteiger partial charge in [-0.1, -0.05) is 13.8 Å². The monoisotopic (exact) mass is 182 g/mol. The maximum atomic E-state index is 2.61. The number of nitrogens with zero attached hydrogens (tertiary/aromatic N) is 2. The van der Waals surface area contributed by atoms with Gasteiger partial charge in [-0.25, -0.2) is 0 Å². The molecule has 2 aliphatic heterocycles. The number of hydrogen-bond acceptors (Lipinski definition) is 2. The van der Waals surface area contributed by atoms with Gasteiger partial charge in [-0.2, -0.15) is 0 Å². The molecule has 0 radical (unpaired) electrons. The Kier molecular flexibility index (Phi) is 2.61. The minimum atomic E-state index is 0.713. The second kappa shape index (κ2) is 3.58. The van der Waals surface area contributed by atoms with Crippen LogP contribution in [-0.4, -0.2) is 49.1 Å². The van der Waals surface area contributed by atoms with E-state index in [1.165, 1.54) is 52.1 Å². The lowest BCUT2D eigenvalue weighted by atomic mass is 9.79. The second-order valence-corrected chi connectivity index (χ2v) is 4.83. The van der Waals surface area contributed by atoms with Gasteiger partial charge in [0.1, 0.15) is 0 Å². The Hall–Kier alpha value is -0.0800. The first-order valence-corrected chi connectivity index (χ1v) is 5.73. The average molecular weight is 182 g/mol. The molecule has 2 aliphatic rings. The van der Waals surface area contributed by atoms with E-state index in [-0.39, 0.29) is 0 Å². The minimum Gasteiger partial charge on any atom is -0.303 e. The molecule has 2 rings (SSSR count). The molecule has 0 unspecified atom stereocenters. The van der Waals surface area contributed by atoms with Crippen LogP contribution in [-0.2, 0) is 0 Å². The summed E-state index contributed by atoms with van der Waals surface area (Å²) in [4.78, 5) is 5.21. The Balaban J connectivity index is 1.78. The van der Waals surface area contributed by atoms with Crippen molar-refractivity contribution in [3.8, 4) is 0 Å². The van der Waals surface area contributed by atoms with Gasteiger partial charge in [0.2, 0.25) is 0 Å². The number of likely N-dealkylation sites (tertiary alicyclic amines) is 2. The van der Waals surface area contributed by atoms with Gasteiger partial charge >= 0.3 is 0 Å². The zero-order valence-corrected chi connectivity index (χ0v) is 9.05. The van der Waals surface area contributed by atoms with Gasteiger partial charge in [0.25, 0.3) is 0 Å². The van der Waals surface area contributed by atoms with E-state index in [2.05, 4.69) is 23.6 Å². The predicted octanol–water partition coefficient (Wildman–Crippen LogP) is 1.42. The molecular formula is C11H22N2. The third kappa shape index (κ3) is 1.75. The molecule has 0 aromatic carbocycles. The zero-order chi connectivity index (χ0) is 9.31. The molecule has 2 fully saturated rings. The quantitative estimate of drug-likeness (QED) is 0.651. The number of hydrogen-bond donors (Lipinski definition) is 0. The van der Waals surface area contributed by atoms with E-state index in [0.717, 1.165) is 0 Å². The fourth-order valence-corrected chi connectivity index (χ4v) is 2.93. The third-order valence-electron chi connectivity index (χ3n) is 3.62. The summed E-state index contributed by atoms with van der Waals surface area (Å²) in [7, 11) is 0. The molecule has 0 aromatic heterocycles. The molecule has 0 amide bonds. The second-order valence-electron chi connectivity index (χ2n) is 4.83. The highest BCUT2D eigenvalue weighted by Gasteiger charge is 2.46. The third-order valence-corrected chi connectivity index (χ3v) is 3.62. The Labute approximate surface area is 81.9 Å². The average Bonchev–Trinajstić information content (AvgIpc) is 2.48. The van der Waals surface area contributed by atoms with Crippen molar-refractivity contribution in [3.63, 3.8) is 0 Å². The number of rotatable bonds is 3. The maximum absolute atomic E-state index is 2.61. The van der Waals surface area contributed by atoms with E-state index >= 15 is 0 Å². The molecule has 1 spiro atoms. The molecule has 2 nitrogen and oxygen atoms in total. The van der Waals surface area contributed by atoms with Gasteiger partial charge < -0.3 is 9.80 Å². The molecule has 0 bridgehead atoms. The molecule has 0 atom stereocenters. The van der Waals surface area contributed by atoms with Crippen LogP contribution in [0.4, 0.5) is 0 Å². The minimum absolute atomic E-state index is 0.713. The van der Waals surface area contributed by atoms with Gasteiger partial charge in [-0.05, 0) is 32.5 Å². The normalized spacial score (nSPS) is 28.2. The highest BCUT2D eigenvalue weighted by molar-refractivity contribution is 5.00. The van der Waals surface area contributed by atoms with Crippen molar-refractivity contribution in [3.05, 3.63) is 0 Å². The maximum Gasteiger partial charge on any atom is 0.00969 e. The Bertz CT molecular complexity index is 173.